The standard InChI is InChI=1S/C13H21N5/c1-4-5-6-8-17(2)12-10-13(16-11-15-12)18(3)9-7-14/h10-11H,4-6,8-9H2,1-3H3. The molecule has 18 heavy (non-hydrogen) atoms. The molecule has 0 aromatic carbocycles. The molecule has 0 aliphatic heterocycles. The quantitative estimate of drug-likeness (QED) is 0.545. The minimum absolute atomic E-state index is 0.329. The summed E-state index contributed by atoms with van der Waals surface area (Å²) in [5, 5.41) is 8.67. The Hall–Kier alpha value is -1.83. The van der Waals surface area contributed by atoms with Crippen molar-refractivity contribution < 1.29 is 0 Å². The molecule has 0 bridgehead atoms. The number of nitrogens with zero attached hydrogens (tertiary/aromatic N) is 5. The van der Waals surface area contributed by atoms with Crippen LogP contribution in [0.1, 0.15) is 26.2 Å². The molecule has 5 heteroatoms. The molecule has 0 radical (unpaired) electrons. The van der Waals surface area contributed by atoms with Crippen LogP contribution in [0.4, 0.5) is 11.6 Å². The van der Waals surface area contributed by atoms with Gasteiger partial charge in [-0.1, -0.05) is 19.8 Å². The lowest BCUT2D eigenvalue weighted by Crippen LogP contribution is -2.22. The fourth-order valence-corrected chi connectivity index (χ4v) is 1.66. The Balaban J connectivity index is 2.66. The van der Waals surface area contributed by atoms with Crippen LogP contribution in [0.25, 0.3) is 0 Å². The minimum Gasteiger partial charge on any atom is -0.360 e. The molecular weight excluding hydrogens is 226 g/mol. The molecule has 0 aliphatic carbocycles. The molecule has 0 fully saturated rings. The highest BCUT2D eigenvalue weighted by atomic mass is 15.2. The van der Waals surface area contributed by atoms with E-state index < -0.39 is 0 Å². The Labute approximate surface area is 109 Å². The van der Waals surface area contributed by atoms with Crippen LogP contribution in [0.2, 0.25) is 0 Å². The summed E-state index contributed by atoms with van der Waals surface area (Å²) < 4.78 is 0. The maximum absolute atomic E-state index is 8.67. The van der Waals surface area contributed by atoms with Crippen molar-refractivity contribution in [1.29, 1.82) is 5.26 Å². The Kier molecular flexibility index (Phi) is 5.92. The molecule has 0 atom stereocenters. The molecule has 0 amide bonds. The van der Waals surface area contributed by atoms with Crippen LogP contribution in [0.3, 0.4) is 0 Å². The van der Waals surface area contributed by atoms with E-state index in [-0.39, 0.29) is 0 Å². The first-order chi connectivity index (χ1) is 8.69. The monoisotopic (exact) mass is 247 g/mol. The smallest absolute Gasteiger partial charge is 0.134 e. The second kappa shape index (κ2) is 7.49. The molecule has 1 heterocycles. The van der Waals surface area contributed by atoms with Crippen molar-refractivity contribution in [2.24, 2.45) is 0 Å². The zero-order chi connectivity index (χ0) is 13.4. The van der Waals surface area contributed by atoms with Gasteiger partial charge in [0, 0.05) is 26.7 Å². The molecular formula is C13H21N5. The lowest BCUT2D eigenvalue weighted by atomic mass is 10.2. The van der Waals surface area contributed by atoms with E-state index >= 15 is 0 Å². The third-order valence-electron chi connectivity index (χ3n) is 2.83. The van der Waals surface area contributed by atoms with E-state index in [1.807, 2.05) is 25.1 Å². The van der Waals surface area contributed by atoms with E-state index in [1.54, 1.807) is 6.33 Å². The van der Waals surface area contributed by atoms with Crippen molar-refractivity contribution in [1.82, 2.24) is 9.97 Å². The van der Waals surface area contributed by atoms with Gasteiger partial charge < -0.3 is 9.80 Å². The van der Waals surface area contributed by atoms with Crippen molar-refractivity contribution in [3.63, 3.8) is 0 Å². The summed E-state index contributed by atoms with van der Waals surface area (Å²) in [7, 11) is 3.89. The molecule has 1 aromatic rings. The molecule has 0 aliphatic rings. The predicted octanol–water partition coefficient (Wildman–Crippen LogP) is 2.06. The summed E-state index contributed by atoms with van der Waals surface area (Å²) in [4.78, 5) is 12.4. The number of hydrogen-bond donors (Lipinski definition) is 0. The second-order valence-corrected chi connectivity index (χ2v) is 4.38. The zero-order valence-electron chi connectivity index (χ0n) is 11.4. The summed E-state index contributed by atoms with van der Waals surface area (Å²) >= 11 is 0. The van der Waals surface area contributed by atoms with Crippen molar-refractivity contribution in [2.75, 3.05) is 37.0 Å². The van der Waals surface area contributed by atoms with Gasteiger partial charge in [-0.3, -0.25) is 0 Å². The van der Waals surface area contributed by atoms with Gasteiger partial charge in [0.15, 0.2) is 0 Å². The van der Waals surface area contributed by atoms with Crippen LogP contribution in [-0.4, -0.2) is 37.2 Å². The van der Waals surface area contributed by atoms with Crippen LogP contribution < -0.4 is 9.80 Å². The minimum atomic E-state index is 0.329. The number of nitriles is 1. The number of unbranched alkanes of at least 4 members (excludes halogenated alkanes) is 2. The van der Waals surface area contributed by atoms with Gasteiger partial charge >= 0.3 is 0 Å². The highest BCUT2D eigenvalue weighted by Gasteiger charge is 2.07. The zero-order valence-corrected chi connectivity index (χ0v) is 11.4. The molecule has 1 rings (SSSR count). The van der Waals surface area contributed by atoms with E-state index in [1.165, 1.54) is 19.3 Å². The Bertz CT molecular complexity index is 399. The first kappa shape index (κ1) is 14.2. The van der Waals surface area contributed by atoms with Gasteiger partial charge in [-0.2, -0.15) is 5.26 Å². The average Bonchev–Trinajstić information content (AvgIpc) is 2.39. The van der Waals surface area contributed by atoms with Crippen molar-refractivity contribution in [3.05, 3.63) is 12.4 Å². The van der Waals surface area contributed by atoms with Crippen LogP contribution in [0.15, 0.2) is 12.4 Å². The van der Waals surface area contributed by atoms with E-state index in [9.17, 15) is 0 Å². The lowest BCUT2D eigenvalue weighted by Gasteiger charge is -2.20. The van der Waals surface area contributed by atoms with Gasteiger partial charge in [0.2, 0.25) is 0 Å². The number of anilines is 2. The maximum atomic E-state index is 8.67. The van der Waals surface area contributed by atoms with Crippen LogP contribution in [0.5, 0.6) is 0 Å². The molecule has 0 N–H and O–H groups in total. The highest BCUT2D eigenvalue weighted by molar-refractivity contribution is 5.49. The third-order valence-corrected chi connectivity index (χ3v) is 2.83. The first-order valence-electron chi connectivity index (χ1n) is 6.30. The highest BCUT2D eigenvalue weighted by Crippen LogP contribution is 2.15. The van der Waals surface area contributed by atoms with Gasteiger partial charge in [0.25, 0.3) is 0 Å². The number of aromatic nitrogens is 2. The fourth-order valence-electron chi connectivity index (χ4n) is 1.66. The van der Waals surface area contributed by atoms with Gasteiger partial charge in [0.1, 0.15) is 24.5 Å². The first-order valence-corrected chi connectivity index (χ1v) is 6.30. The van der Waals surface area contributed by atoms with Gasteiger partial charge in [0.05, 0.1) is 6.07 Å². The molecule has 1 aromatic heterocycles. The van der Waals surface area contributed by atoms with Crippen LogP contribution >= 0.6 is 0 Å². The average molecular weight is 247 g/mol. The third kappa shape index (κ3) is 4.21. The van der Waals surface area contributed by atoms with E-state index in [4.69, 9.17) is 5.26 Å². The van der Waals surface area contributed by atoms with Crippen molar-refractivity contribution >= 4 is 11.6 Å². The number of rotatable bonds is 7. The molecule has 0 spiro atoms. The van der Waals surface area contributed by atoms with E-state index in [2.05, 4.69) is 27.9 Å². The lowest BCUT2D eigenvalue weighted by molar-refractivity contribution is 0.700. The summed E-state index contributed by atoms with van der Waals surface area (Å²) in [6.45, 7) is 3.52. The topological polar surface area (TPSA) is 56.0 Å². The van der Waals surface area contributed by atoms with Gasteiger partial charge in [-0.05, 0) is 6.42 Å². The van der Waals surface area contributed by atoms with Crippen molar-refractivity contribution in [3.8, 4) is 6.07 Å². The summed E-state index contributed by atoms with van der Waals surface area (Å²) in [5.74, 6) is 1.68. The Morgan fingerprint density at radius 1 is 1.17 bits per heavy atom. The summed E-state index contributed by atoms with van der Waals surface area (Å²) in [6, 6.07) is 4.03. The molecule has 0 saturated carbocycles. The Morgan fingerprint density at radius 2 is 1.83 bits per heavy atom. The summed E-state index contributed by atoms with van der Waals surface area (Å²) in [6.07, 6.45) is 5.17. The van der Waals surface area contributed by atoms with Gasteiger partial charge in [-0.25, -0.2) is 9.97 Å². The molecule has 0 saturated heterocycles. The maximum Gasteiger partial charge on any atom is 0.134 e. The van der Waals surface area contributed by atoms with E-state index in [0.29, 0.717) is 6.54 Å². The van der Waals surface area contributed by atoms with Crippen LogP contribution in [0, 0.1) is 11.3 Å². The molecule has 5 nitrogen and oxygen atoms in total. The SMILES string of the molecule is CCCCCN(C)c1cc(N(C)CC#N)ncn1. The molecule has 98 valence electrons. The van der Waals surface area contributed by atoms with Crippen molar-refractivity contribution in [2.45, 2.75) is 26.2 Å². The second-order valence-electron chi connectivity index (χ2n) is 4.38. The number of hydrogen-bond acceptors (Lipinski definition) is 5. The van der Waals surface area contributed by atoms with Crippen LogP contribution in [-0.2, 0) is 0 Å². The summed E-state index contributed by atoms with van der Waals surface area (Å²) in [5.41, 5.74) is 0. The molecule has 0 unspecified atom stereocenters. The van der Waals surface area contributed by atoms with E-state index in [0.717, 1.165) is 18.2 Å². The Morgan fingerprint density at radius 3 is 2.44 bits per heavy atom. The fraction of sp³-hybridized carbons (Fsp3) is 0.615. The largest absolute Gasteiger partial charge is 0.360 e. The normalized spacial score (nSPS) is 9.89. The predicted molar refractivity (Wildman–Crippen MR) is 73.7 cm³/mol. The van der Waals surface area contributed by atoms with Gasteiger partial charge in [-0.15, -0.1) is 0 Å².